The van der Waals surface area contributed by atoms with Gasteiger partial charge in [-0.3, -0.25) is 0 Å². The molecule has 0 atom stereocenters. The Morgan fingerprint density at radius 1 is 1.50 bits per heavy atom. The molecule has 0 rings (SSSR count). The van der Waals surface area contributed by atoms with E-state index in [2.05, 4.69) is 0 Å². The summed E-state index contributed by atoms with van der Waals surface area (Å²) in [5, 5.41) is 0. The van der Waals surface area contributed by atoms with E-state index in [0.29, 0.717) is 5.92 Å². The van der Waals surface area contributed by atoms with Gasteiger partial charge in [-0.15, -0.1) is 0 Å². The molecule has 0 saturated carbocycles. The standard InChI is InChI=1S/C5H11O2S/c1-5(2)3-4-8(6)7/h3,5,8H,4H2,1-2H3. The van der Waals surface area contributed by atoms with E-state index in [1.165, 1.54) is 0 Å². The quantitative estimate of drug-likeness (QED) is 0.570. The molecule has 0 unspecified atom stereocenters. The Kier molecular flexibility index (Phi) is 3.87. The van der Waals surface area contributed by atoms with E-state index in [1.54, 1.807) is 6.42 Å². The molecule has 0 aliphatic heterocycles. The summed E-state index contributed by atoms with van der Waals surface area (Å²) in [4.78, 5) is 0. The smallest absolute Gasteiger partial charge is 0.140 e. The maximum atomic E-state index is 9.91. The van der Waals surface area contributed by atoms with Crippen LogP contribution in [0, 0.1) is 12.3 Å². The van der Waals surface area contributed by atoms with Crippen molar-refractivity contribution < 1.29 is 8.42 Å². The Hall–Kier alpha value is -0.0500. The first-order valence-electron chi connectivity index (χ1n) is 2.58. The summed E-state index contributed by atoms with van der Waals surface area (Å²) < 4.78 is 19.8. The van der Waals surface area contributed by atoms with E-state index in [9.17, 15) is 8.42 Å². The van der Waals surface area contributed by atoms with Crippen molar-refractivity contribution in [1.29, 1.82) is 0 Å². The highest BCUT2D eigenvalue weighted by Gasteiger charge is 1.93. The Balaban J connectivity index is 3.18. The molecule has 0 amide bonds. The van der Waals surface area contributed by atoms with Gasteiger partial charge in [-0.25, -0.2) is 8.42 Å². The van der Waals surface area contributed by atoms with Crippen LogP contribution in [0.5, 0.6) is 0 Å². The van der Waals surface area contributed by atoms with Crippen LogP contribution in [0.1, 0.15) is 13.8 Å². The minimum absolute atomic E-state index is 0.215. The fourth-order valence-corrected chi connectivity index (χ4v) is 0.891. The summed E-state index contributed by atoms with van der Waals surface area (Å²) in [5.74, 6) is 0.593. The zero-order chi connectivity index (χ0) is 6.57. The summed E-state index contributed by atoms with van der Waals surface area (Å²) in [5.41, 5.74) is 0. The third-order valence-electron chi connectivity index (χ3n) is 0.726. The molecular formula is C5H11O2S. The highest BCUT2D eigenvalue weighted by molar-refractivity contribution is 7.72. The lowest BCUT2D eigenvalue weighted by Crippen LogP contribution is -1.94. The van der Waals surface area contributed by atoms with Crippen molar-refractivity contribution in [3.8, 4) is 0 Å². The maximum absolute atomic E-state index is 9.91. The van der Waals surface area contributed by atoms with Gasteiger partial charge < -0.3 is 0 Å². The molecule has 3 heteroatoms. The molecule has 0 heterocycles. The van der Waals surface area contributed by atoms with Crippen molar-refractivity contribution in [2.45, 2.75) is 13.8 Å². The molecule has 8 heavy (non-hydrogen) atoms. The van der Waals surface area contributed by atoms with Crippen molar-refractivity contribution in [2.24, 2.45) is 5.92 Å². The van der Waals surface area contributed by atoms with E-state index in [0.717, 1.165) is 0 Å². The van der Waals surface area contributed by atoms with Crippen LogP contribution in [0.2, 0.25) is 0 Å². The third kappa shape index (κ3) is 5.95. The van der Waals surface area contributed by atoms with Crippen LogP contribution < -0.4 is 0 Å². The Bertz CT molecular complexity index is 108. The van der Waals surface area contributed by atoms with Crippen molar-refractivity contribution in [3.05, 3.63) is 6.42 Å². The van der Waals surface area contributed by atoms with Crippen molar-refractivity contribution >= 4 is 10.7 Å². The average molecular weight is 135 g/mol. The number of hydrogen-bond donors (Lipinski definition) is 1. The predicted molar refractivity (Wildman–Crippen MR) is 34.3 cm³/mol. The highest BCUT2D eigenvalue weighted by Crippen LogP contribution is 1.95. The maximum Gasteiger partial charge on any atom is 0.140 e. The first-order chi connectivity index (χ1) is 3.63. The SMILES string of the molecule is CC(C)[CH]C[SH](=O)=O. The summed E-state index contributed by atoms with van der Waals surface area (Å²) in [6, 6.07) is 0. The van der Waals surface area contributed by atoms with Gasteiger partial charge in [-0.2, -0.15) is 0 Å². The van der Waals surface area contributed by atoms with Crippen LogP contribution in [0.25, 0.3) is 0 Å². The van der Waals surface area contributed by atoms with E-state index in [4.69, 9.17) is 0 Å². The second-order valence-electron chi connectivity index (χ2n) is 2.00. The van der Waals surface area contributed by atoms with E-state index >= 15 is 0 Å². The van der Waals surface area contributed by atoms with Crippen LogP contribution >= 0.6 is 0 Å². The molecule has 0 fully saturated rings. The molecule has 0 aliphatic carbocycles. The molecular weight excluding hydrogens is 124 g/mol. The van der Waals surface area contributed by atoms with Gasteiger partial charge in [0, 0.05) is 0 Å². The Labute approximate surface area is 51.9 Å². The van der Waals surface area contributed by atoms with Gasteiger partial charge in [-0.1, -0.05) is 13.8 Å². The molecule has 0 bridgehead atoms. The zero-order valence-corrected chi connectivity index (χ0v) is 6.02. The van der Waals surface area contributed by atoms with Crippen LogP contribution in [-0.2, 0) is 10.7 Å². The minimum Gasteiger partial charge on any atom is -0.232 e. The Morgan fingerprint density at radius 3 is 2.12 bits per heavy atom. The summed E-state index contributed by atoms with van der Waals surface area (Å²) in [6.07, 6.45) is 1.77. The van der Waals surface area contributed by atoms with Crippen LogP contribution in [-0.4, -0.2) is 14.2 Å². The zero-order valence-electron chi connectivity index (χ0n) is 5.13. The van der Waals surface area contributed by atoms with Crippen LogP contribution in [0.4, 0.5) is 0 Å². The topological polar surface area (TPSA) is 34.1 Å². The minimum atomic E-state index is -2.19. The number of hydrogen-bond acceptors (Lipinski definition) is 2. The van der Waals surface area contributed by atoms with Crippen molar-refractivity contribution in [2.75, 3.05) is 5.75 Å². The molecule has 2 nitrogen and oxygen atoms in total. The fraction of sp³-hybridized carbons (Fsp3) is 0.800. The van der Waals surface area contributed by atoms with Gasteiger partial charge in [-0.05, 0) is 12.3 Å². The molecule has 0 N–H and O–H groups in total. The molecule has 0 aromatic heterocycles. The highest BCUT2D eigenvalue weighted by atomic mass is 32.2. The second-order valence-corrected chi connectivity index (χ2v) is 3.03. The van der Waals surface area contributed by atoms with E-state index in [1.807, 2.05) is 13.8 Å². The van der Waals surface area contributed by atoms with Gasteiger partial charge in [0.25, 0.3) is 0 Å². The van der Waals surface area contributed by atoms with Crippen LogP contribution in [0.15, 0.2) is 0 Å². The first-order valence-corrected chi connectivity index (χ1v) is 3.94. The van der Waals surface area contributed by atoms with E-state index in [-0.39, 0.29) is 5.75 Å². The predicted octanol–water partition coefficient (Wildman–Crippen LogP) is 0.458. The van der Waals surface area contributed by atoms with Crippen molar-refractivity contribution in [3.63, 3.8) is 0 Å². The lowest BCUT2D eigenvalue weighted by molar-refractivity contribution is 0.613. The number of rotatable bonds is 3. The summed E-state index contributed by atoms with van der Waals surface area (Å²) in [6.45, 7) is 3.91. The average Bonchev–Trinajstić information content (AvgIpc) is 1.61. The van der Waals surface area contributed by atoms with E-state index < -0.39 is 10.7 Å². The van der Waals surface area contributed by atoms with Gasteiger partial charge in [0.1, 0.15) is 10.7 Å². The largest absolute Gasteiger partial charge is 0.232 e. The lowest BCUT2D eigenvalue weighted by atomic mass is 10.2. The molecule has 0 spiro atoms. The molecule has 0 aromatic carbocycles. The monoisotopic (exact) mass is 135 g/mol. The number of thiol groups is 1. The van der Waals surface area contributed by atoms with Gasteiger partial charge in [0.2, 0.25) is 0 Å². The lowest BCUT2D eigenvalue weighted by Gasteiger charge is -1.95. The fourth-order valence-electron chi connectivity index (χ4n) is 0.297. The molecule has 1 radical (unpaired) electrons. The molecule has 0 aromatic rings. The van der Waals surface area contributed by atoms with Gasteiger partial charge in [0.05, 0.1) is 5.75 Å². The third-order valence-corrected chi connectivity index (χ3v) is 1.23. The second kappa shape index (κ2) is 3.89. The summed E-state index contributed by atoms with van der Waals surface area (Å²) in [7, 11) is -2.19. The normalized spacial score (nSPS) is 11.0. The van der Waals surface area contributed by atoms with Gasteiger partial charge in [0.15, 0.2) is 0 Å². The first kappa shape index (κ1) is 7.95. The molecule has 0 aliphatic rings. The Morgan fingerprint density at radius 2 is 2.00 bits per heavy atom. The van der Waals surface area contributed by atoms with Gasteiger partial charge >= 0.3 is 0 Å². The van der Waals surface area contributed by atoms with Crippen LogP contribution in [0.3, 0.4) is 0 Å². The van der Waals surface area contributed by atoms with Crippen molar-refractivity contribution in [1.82, 2.24) is 0 Å². The molecule has 0 saturated heterocycles. The summed E-state index contributed by atoms with van der Waals surface area (Å²) >= 11 is 0. The molecule has 49 valence electrons.